The van der Waals surface area contributed by atoms with E-state index < -0.39 is 0 Å². The van der Waals surface area contributed by atoms with Crippen LogP contribution in [0.5, 0.6) is 11.5 Å². The Morgan fingerprint density at radius 2 is 1.96 bits per heavy atom. The topological polar surface area (TPSA) is 67.8 Å². The van der Waals surface area contributed by atoms with Gasteiger partial charge in [0.15, 0.2) is 17.5 Å². The minimum absolute atomic E-state index is 0.303. The van der Waals surface area contributed by atoms with Gasteiger partial charge in [-0.25, -0.2) is 4.99 Å². The van der Waals surface area contributed by atoms with E-state index in [0.717, 1.165) is 53.4 Å². The average Bonchev–Trinajstić information content (AvgIpc) is 3.20. The Morgan fingerprint density at radius 3 is 2.89 bits per heavy atom. The number of aliphatic imine (C=N–C) groups is 1. The summed E-state index contributed by atoms with van der Waals surface area (Å²) in [7, 11) is 0. The highest BCUT2D eigenvalue weighted by molar-refractivity contribution is 5.83. The standard InChI is InChI=1S/C22H24N4O2/c1-2-23-22(25-12-10-16-8-9-19-20(13-16)28-15-27-19)26-14-18-6-3-5-17-7-4-11-24-21(17)18/h3-9,11,13H,2,10,12,14-15H2,1H3,(H2,23,25,26). The number of guanidine groups is 1. The molecule has 0 radical (unpaired) electrons. The molecule has 1 aliphatic heterocycles. The SMILES string of the molecule is CCNC(=NCc1cccc2cccnc12)NCCc1ccc2c(c1)OCO2. The molecule has 28 heavy (non-hydrogen) atoms. The van der Waals surface area contributed by atoms with Crippen molar-refractivity contribution in [3.05, 3.63) is 65.9 Å². The fraction of sp³-hybridized carbons (Fsp3) is 0.273. The molecule has 2 N–H and O–H groups in total. The van der Waals surface area contributed by atoms with E-state index in [1.807, 2.05) is 24.4 Å². The van der Waals surface area contributed by atoms with Gasteiger partial charge >= 0.3 is 0 Å². The third-order valence-electron chi connectivity index (χ3n) is 4.61. The highest BCUT2D eigenvalue weighted by Crippen LogP contribution is 2.32. The first kappa shape index (κ1) is 18.1. The molecule has 0 unspecified atom stereocenters. The molecule has 0 bridgehead atoms. The summed E-state index contributed by atoms with van der Waals surface area (Å²) in [6.45, 7) is 4.53. The molecule has 0 fully saturated rings. The molecule has 144 valence electrons. The predicted octanol–water partition coefficient (Wildman–Crippen LogP) is 3.26. The summed E-state index contributed by atoms with van der Waals surface area (Å²) in [5.41, 5.74) is 3.32. The van der Waals surface area contributed by atoms with Crippen molar-refractivity contribution in [2.75, 3.05) is 19.9 Å². The summed E-state index contributed by atoms with van der Waals surface area (Å²) < 4.78 is 10.8. The van der Waals surface area contributed by atoms with E-state index in [1.165, 1.54) is 5.56 Å². The second-order valence-corrected chi connectivity index (χ2v) is 6.55. The predicted molar refractivity (Wildman–Crippen MR) is 111 cm³/mol. The molecular formula is C22H24N4O2. The van der Waals surface area contributed by atoms with E-state index in [0.29, 0.717) is 13.3 Å². The summed E-state index contributed by atoms with van der Waals surface area (Å²) >= 11 is 0. The molecule has 0 saturated carbocycles. The quantitative estimate of drug-likeness (QED) is 0.511. The van der Waals surface area contributed by atoms with Gasteiger partial charge in [-0.2, -0.15) is 0 Å². The van der Waals surface area contributed by atoms with Gasteiger partial charge in [0.2, 0.25) is 6.79 Å². The van der Waals surface area contributed by atoms with Crippen LogP contribution in [0.25, 0.3) is 10.9 Å². The Kier molecular flexibility index (Phi) is 5.56. The van der Waals surface area contributed by atoms with Crippen LogP contribution in [0, 0.1) is 0 Å². The third kappa shape index (κ3) is 4.17. The first-order valence-corrected chi connectivity index (χ1v) is 9.57. The molecular weight excluding hydrogens is 352 g/mol. The van der Waals surface area contributed by atoms with E-state index >= 15 is 0 Å². The molecule has 0 atom stereocenters. The van der Waals surface area contributed by atoms with Crippen LogP contribution in [0.15, 0.2) is 59.7 Å². The molecule has 6 nitrogen and oxygen atoms in total. The number of nitrogens with one attached hydrogen (secondary N) is 2. The van der Waals surface area contributed by atoms with Crippen molar-refractivity contribution in [1.82, 2.24) is 15.6 Å². The van der Waals surface area contributed by atoms with Crippen LogP contribution in [-0.4, -0.2) is 30.8 Å². The van der Waals surface area contributed by atoms with Crippen LogP contribution >= 0.6 is 0 Å². The lowest BCUT2D eigenvalue weighted by atomic mass is 10.1. The second-order valence-electron chi connectivity index (χ2n) is 6.55. The smallest absolute Gasteiger partial charge is 0.231 e. The lowest BCUT2D eigenvalue weighted by Crippen LogP contribution is -2.38. The Balaban J connectivity index is 1.39. The van der Waals surface area contributed by atoms with Crippen molar-refractivity contribution in [3.8, 4) is 11.5 Å². The van der Waals surface area contributed by atoms with Gasteiger partial charge in [-0.15, -0.1) is 0 Å². The minimum atomic E-state index is 0.303. The number of pyridine rings is 1. The van der Waals surface area contributed by atoms with E-state index in [4.69, 9.17) is 14.5 Å². The van der Waals surface area contributed by atoms with Gasteiger partial charge < -0.3 is 20.1 Å². The maximum absolute atomic E-state index is 5.44. The van der Waals surface area contributed by atoms with Crippen LogP contribution < -0.4 is 20.1 Å². The monoisotopic (exact) mass is 376 g/mol. The molecule has 0 spiro atoms. The first-order valence-electron chi connectivity index (χ1n) is 9.57. The van der Waals surface area contributed by atoms with Gasteiger partial charge in [-0.3, -0.25) is 4.98 Å². The number of rotatable bonds is 6. The summed E-state index contributed by atoms with van der Waals surface area (Å²) in [5, 5.41) is 7.84. The molecule has 1 aliphatic rings. The normalized spacial score (nSPS) is 13.0. The first-order chi connectivity index (χ1) is 13.8. The average molecular weight is 376 g/mol. The number of nitrogens with zero attached hydrogens (tertiary/aromatic N) is 2. The van der Waals surface area contributed by atoms with Crippen LogP contribution in [0.3, 0.4) is 0 Å². The lowest BCUT2D eigenvalue weighted by Gasteiger charge is -2.12. The van der Waals surface area contributed by atoms with Crippen molar-refractivity contribution in [2.24, 2.45) is 4.99 Å². The van der Waals surface area contributed by atoms with E-state index in [9.17, 15) is 0 Å². The molecule has 0 amide bonds. The maximum Gasteiger partial charge on any atom is 0.231 e. The number of para-hydroxylation sites is 1. The number of hydrogen-bond acceptors (Lipinski definition) is 4. The number of fused-ring (bicyclic) bond motifs is 2. The molecule has 0 aliphatic carbocycles. The Morgan fingerprint density at radius 1 is 1.07 bits per heavy atom. The minimum Gasteiger partial charge on any atom is -0.454 e. The Hall–Kier alpha value is -3.28. The Labute approximate surface area is 164 Å². The summed E-state index contributed by atoms with van der Waals surface area (Å²) in [6.07, 6.45) is 2.70. The van der Waals surface area contributed by atoms with Crippen molar-refractivity contribution < 1.29 is 9.47 Å². The highest BCUT2D eigenvalue weighted by Gasteiger charge is 2.13. The van der Waals surface area contributed by atoms with Gasteiger partial charge in [0.25, 0.3) is 0 Å². The van der Waals surface area contributed by atoms with Gasteiger partial charge in [0, 0.05) is 24.7 Å². The zero-order chi connectivity index (χ0) is 19.2. The summed E-state index contributed by atoms with van der Waals surface area (Å²) in [6, 6.07) is 16.3. The van der Waals surface area contributed by atoms with Crippen molar-refractivity contribution in [3.63, 3.8) is 0 Å². The van der Waals surface area contributed by atoms with Gasteiger partial charge in [-0.1, -0.05) is 30.3 Å². The molecule has 0 saturated heterocycles. The zero-order valence-corrected chi connectivity index (χ0v) is 15.9. The zero-order valence-electron chi connectivity index (χ0n) is 15.9. The third-order valence-corrected chi connectivity index (χ3v) is 4.61. The molecule has 2 aromatic carbocycles. The van der Waals surface area contributed by atoms with Crippen molar-refractivity contribution in [1.29, 1.82) is 0 Å². The van der Waals surface area contributed by atoms with Crippen LogP contribution in [0.2, 0.25) is 0 Å². The van der Waals surface area contributed by atoms with Crippen LogP contribution in [0.4, 0.5) is 0 Å². The highest BCUT2D eigenvalue weighted by atomic mass is 16.7. The van der Waals surface area contributed by atoms with Crippen molar-refractivity contribution >= 4 is 16.9 Å². The van der Waals surface area contributed by atoms with E-state index in [1.54, 1.807) is 0 Å². The van der Waals surface area contributed by atoms with Gasteiger partial charge in [0.1, 0.15) is 0 Å². The van der Waals surface area contributed by atoms with Gasteiger partial charge in [-0.05, 0) is 42.7 Å². The fourth-order valence-corrected chi connectivity index (χ4v) is 3.22. The molecule has 6 heteroatoms. The number of aromatic nitrogens is 1. The summed E-state index contributed by atoms with van der Waals surface area (Å²) in [4.78, 5) is 9.24. The van der Waals surface area contributed by atoms with Gasteiger partial charge in [0.05, 0.1) is 12.1 Å². The molecule has 2 heterocycles. The molecule has 3 aromatic rings. The van der Waals surface area contributed by atoms with Crippen molar-refractivity contribution in [2.45, 2.75) is 19.9 Å². The maximum atomic E-state index is 5.44. The Bertz CT molecular complexity index is 982. The number of hydrogen-bond donors (Lipinski definition) is 2. The van der Waals surface area contributed by atoms with E-state index in [-0.39, 0.29) is 0 Å². The largest absolute Gasteiger partial charge is 0.454 e. The lowest BCUT2D eigenvalue weighted by molar-refractivity contribution is 0.174. The molecule has 4 rings (SSSR count). The van der Waals surface area contributed by atoms with Crippen LogP contribution in [0.1, 0.15) is 18.1 Å². The summed E-state index contributed by atoms with van der Waals surface area (Å²) in [5.74, 6) is 2.44. The second kappa shape index (κ2) is 8.61. The van der Waals surface area contributed by atoms with E-state index in [2.05, 4.69) is 52.9 Å². The number of ether oxygens (including phenoxy) is 2. The number of benzene rings is 2. The van der Waals surface area contributed by atoms with Crippen LogP contribution in [-0.2, 0) is 13.0 Å². The molecule has 1 aromatic heterocycles. The fourth-order valence-electron chi connectivity index (χ4n) is 3.22.